The van der Waals surface area contributed by atoms with Crippen LogP contribution >= 0.6 is 27.3 Å². The standard InChI is InChI=1S/C11H8BrFN4O2S2/c12-7-5-6(13)1-2-8(7)16-21(18,19)10-9(14)15-11-17(10)3-4-20-11/h1-5,16H,14H2. The van der Waals surface area contributed by atoms with Gasteiger partial charge >= 0.3 is 0 Å². The van der Waals surface area contributed by atoms with Crippen LogP contribution in [0, 0.1) is 5.82 Å². The van der Waals surface area contributed by atoms with Gasteiger partial charge in [0.1, 0.15) is 5.82 Å². The molecule has 3 aromatic rings. The summed E-state index contributed by atoms with van der Waals surface area (Å²) in [6.45, 7) is 0. The van der Waals surface area contributed by atoms with E-state index in [1.807, 2.05) is 0 Å². The number of fused-ring (bicyclic) bond motifs is 1. The van der Waals surface area contributed by atoms with Crippen molar-refractivity contribution in [1.29, 1.82) is 0 Å². The average Bonchev–Trinajstić information content (AvgIpc) is 2.91. The first-order valence-electron chi connectivity index (χ1n) is 5.57. The number of nitrogens with zero attached hydrogens (tertiary/aromatic N) is 2. The predicted molar refractivity (Wildman–Crippen MR) is 82.4 cm³/mol. The Balaban J connectivity index is 2.08. The lowest BCUT2D eigenvalue weighted by atomic mass is 10.3. The smallest absolute Gasteiger partial charge is 0.281 e. The summed E-state index contributed by atoms with van der Waals surface area (Å²) in [7, 11) is -3.95. The minimum atomic E-state index is -3.95. The zero-order valence-corrected chi connectivity index (χ0v) is 13.5. The van der Waals surface area contributed by atoms with Crippen molar-refractivity contribution in [2.75, 3.05) is 10.5 Å². The Morgan fingerprint density at radius 3 is 2.90 bits per heavy atom. The number of halogens is 2. The summed E-state index contributed by atoms with van der Waals surface area (Å²) in [4.78, 5) is 4.46. The van der Waals surface area contributed by atoms with E-state index in [-0.39, 0.29) is 21.0 Å². The SMILES string of the molecule is Nc1nc2sccn2c1S(=O)(=O)Nc1ccc(F)cc1Br. The van der Waals surface area contributed by atoms with Gasteiger partial charge < -0.3 is 5.73 Å². The Bertz CT molecular complexity index is 935. The molecule has 0 radical (unpaired) electrons. The number of hydrogen-bond donors (Lipinski definition) is 2. The Kier molecular flexibility index (Phi) is 3.38. The molecule has 0 spiro atoms. The molecule has 2 aromatic heterocycles. The average molecular weight is 391 g/mol. The second kappa shape index (κ2) is 4.97. The first-order valence-corrected chi connectivity index (χ1v) is 8.73. The van der Waals surface area contributed by atoms with E-state index in [4.69, 9.17) is 5.73 Å². The summed E-state index contributed by atoms with van der Waals surface area (Å²) in [5, 5.41) is 1.56. The van der Waals surface area contributed by atoms with Crippen LogP contribution in [-0.4, -0.2) is 17.8 Å². The van der Waals surface area contributed by atoms with Crippen LogP contribution in [0.1, 0.15) is 0 Å². The van der Waals surface area contributed by atoms with Crippen molar-refractivity contribution in [3.05, 3.63) is 40.1 Å². The van der Waals surface area contributed by atoms with Gasteiger partial charge in [-0.1, -0.05) is 0 Å². The van der Waals surface area contributed by atoms with Gasteiger partial charge in [-0.3, -0.25) is 9.12 Å². The van der Waals surface area contributed by atoms with E-state index in [0.717, 1.165) is 12.1 Å². The number of hydrogen-bond acceptors (Lipinski definition) is 5. The lowest BCUT2D eigenvalue weighted by Gasteiger charge is -2.09. The fourth-order valence-corrected chi connectivity index (χ4v) is 4.47. The zero-order chi connectivity index (χ0) is 15.2. The summed E-state index contributed by atoms with van der Waals surface area (Å²) in [6, 6.07) is 3.64. The molecule has 0 atom stereocenters. The highest BCUT2D eigenvalue weighted by Crippen LogP contribution is 2.29. The van der Waals surface area contributed by atoms with Gasteiger partial charge in [0.15, 0.2) is 10.8 Å². The number of nitrogen functional groups attached to an aromatic ring is 1. The maximum absolute atomic E-state index is 13.0. The normalized spacial score (nSPS) is 11.9. The summed E-state index contributed by atoms with van der Waals surface area (Å²) in [5.74, 6) is -0.568. The van der Waals surface area contributed by atoms with Gasteiger partial charge in [-0.2, -0.15) is 8.42 Å². The number of nitrogens with one attached hydrogen (secondary N) is 1. The molecule has 3 N–H and O–H groups in total. The molecule has 10 heteroatoms. The zero-order valence-electron chi connectivity index (χ0n) is 10.2. The van der Waals surface area contributed by atoms with E-state index < -0.39 is 15.8 Å². The Morgan fingerprint density at radius 1 is 1.43 bits per heavy atom. The fourth-order valence-electron chi connectivity index (χ4n) is 1.81. The Hall–Kier alpha value is -1.65. The van der Waals surface area contributed by atoms with E-state index in [1.165, 1.54) is 21.8 Å². The van der Waals surface area contributed by atoms with Crippen molar-refractivity contribution in [2.45, 2.75) is 5.03 Å². The molecule has 0 saturated carbocycles. The molecule has 0 aliphatic rings. The second-order valence-corrected chi connectivity index (χ2v) is 7.41. The summed E-state index contributed by atoms with van der Waals surface area (Å²) in [5.41, 5.74) is 5.89. The molecular weight excluding hydrogens is 383 g/mol. The van der Waals surface area contributed by atoms with Gasteiger partial charge in [-0.25, -0.2) is 9.37 Å². The van der Waals surface area contributed by atoms with Crippen molar-refractivity contribution >= 4 is 53.8 Å². The molecular formula is C11H8BrFN4O2S2. The molecule has 0 fully saturated rings. The van der Waals surface area contributed by atoms with E-state index >= 15 is 0 Å². The number of rotatable bonds is 3. The molecule has 3 rings (SSSR count). The van der Waals surface area contributed by atoms with Gasteiger partial charge in [0.05, 0.1) is 5.69 Å². The minimum Gasteiger partial charge on any atom is -0.381 e. The van der Waals surface area contributed by atoms with Crippen LogP contribution in [0.5, 0.6) is 0 Å². The molecule has 0 unspecified atom stereocenters. The van der Waals surface area contributed by atoms with E-state index in [2.05, 4.69) is 25.6 Å². The van der Waals surface area contributed by atoms with E-state index in [0.29, 0.717) is 4.96 Å². The van der Waals surface area contributed by atoms with Gasteiger partial charge in [0, 0.05) is 16.0 Å². The number of nitrogens with two attached hydrogens (primary N) is 1. The molecule has 6 nitrogen and oxygen atoms in total. The third-order valence-electron chi connectivity index (χ3n) is 2.67. The highest BCUT2D eigenvalue weighted by molar-refractivity contribution is 9.10. The van der Waals surface area contributed by atoms with Crippen LogP contribution in [0.25, 0.3) is 4.96 Å². The topological polar surface area (TPSA) is 89.5 Å². The summed E-state index contributed by atoms with van der Waals surface area (Å²) in [6.07, 6.45) is 1.57. The van der Waals surface area contributed by atoms with Crippen molar-refractivity contribution in [3.8, 4) is 0 Å². The predicted octanol–water partition coefficient (Wildman–Crippen LogP) is 2.68. The number of imidazole rings is 1. The first kappa shape index (κ1) is 14.3. The molecule has 21 heavy (non-hydrogen) atoms. The van der Waals surface area contributed by atoms with Crippen LogP contribution < -0.4 is 10.5 Å². The molecule has 0 aliphatic carbocycles. The molecule has 0 bridgehead atoms. The molecule has 0 amide bonds. The molecule has 110 valence electrons. The second-order valence-electron chi connectivity index (χ2n) is 4.09. The maximum atomic E-state index is 13.0. The van der Waals surface area contributed by atoms with Crippen LogP contribution in [0.3, 0.4) is 0 Å². The fraction of sp³-hybridized carbons (Fsp3) is 0. The summed E-state index contributed by atoms with van der Waals surface area (Å²) < 4.78 is 42.0. The Morgan fingerprint density at radius 2 is 2.19 bits per heavy atom. The first-order chi connectivity index (χ1) is 9.88. The lowest BCUT2D eigenvalue weighted by molar-refractivity contribution is 0.597. The Labute approximate surface area is 131 Å². The minimum absolute atomic E-state index is 0.0902. The van der Waals surface area contributed by atoms with Crippen LogP contribution in [0.2, 0.25) is 0 Å². The van der Waals surface area contributed by atoms with Crippen LogP contribution in [0.15, 0.2) is 39.3 Å². The molecule has 2 heterocycles. The van der Waals surface area contributed by atoms with E-state index in [1.54, 1.807) is 11.6 Å². The quantitative estimate of drug-likeness (QED) is 0.719. The largest absolute Gasteiger partial charge is 0.381 e. The van der Waals surface area contributed by atoms with Gasteiger partial charge in [-0.15, -0.1) is 11.3 Å². The van der Waals surface area contributed by atoms with Crippen LogP contribution in [-0.2, 0) is 10.0 Å². The highest BCUT2D eigenvalue weighted by Gasteiger charge is 2.25. The third-order valence-corrected chi connectivity index (χ3v) is 5.49. The summed E-state index contributed by atoms with van der Waals surface area (Å²) >= 11 is 4.38. The lowest BCUT2D eigenvalue weighted by Crippen LogP contribution is -2.16. The van der Waals surface area contributed by atoms with E-state index in [9.17, 15) is 12.8 Å². The van der Waals surface area contributed by atoms with Gasteiger partial charge in [0.2, 0.25) is 5.03 Å². The number of anilines is 2. The van der Waals surface area contributed by atoms with Crippen molar-refractivity contribution < 1.29 is 12.8 Å². The monoisotopic (exact) mass is 390 g/mol. The van der Waals surface area contributed by atoms with Gasteiger partial charge in [0.25, 0.3) is 10.0 Å². The van der Waals surface area contributed by atoms with Crippen LogP contribution in [0.4, 0.5) is 15.9 Å². The highest BCUT2D eigenvalue weighted by atomic mass is 79.9. The molecule has 1 aromatic carbocycles. The van der Waals surface area contributed by atoms with Crippen molar-refractivity contribution in [1.82, 2.24) is 9.38 Å². The number of sulfonamides is 1. The van der Waals surface area contributed by atoms with Crippen molar-refractivity contribution in [3.63, 3.8) is 0 Å². The van der Waals surface area contributed by atoms with Gasteiger partial charge in [-0.05, 0) is 34.1 Å². The molecule has 0 aliphatic heterocycles. The third kappa shape index (κ3) is 2.49. The van der Waals surface area contributed by atoms with Crippen molar-refractivity contribution in [2.24, 2.45) is 0 Å². The maximum Gasteiger partial charge on any atom is 0.281 e. The number of benzene rings is 1. The number of thiazole rings is 1. The number of aromatic nitrogens is 2. The molecule has 0 saturated heterocycles.